The van der Waals surface area contributed by atoms with Crippen molar-refractivity contribution in [2.75, 3.05) is 0 Å². The van der Waals surface area contributed by atoms with E-state index in [4.69, 9.17) is 4.74 Å². The first kappa shape index (κ1) is 8.62. The van der Waals surface area contributed by atoms with Crippen LogP contribution in [0.4, 0.5) is 0 Å². The van der Waals surface area contributed by atoms with E-state index in [0.29, 0.717) is 5.88 Å². The quantitative estimate of drug-likeness (QED) is 0.637. The Morgan fingerprint density at radius 2 is 2.07 bits per heavy atom. The van der Waals surface area contributed by atoms with E-state index in [9.17, 15) is 4.79 Å². The number of hydrogen-bond acceptors (Lipinski definition) is 4. The molecule has 0 aliphatic rings. The van der Waals surface area contributed by atoms with Gasteiger partial charge in [0.1, 0.15) is 6.33 Å². The number of rotatable bonds is 1. The maximum Gasteiger partial charge on any atom is 0.309 e. The maximum atomic E-state index is 10.8. The van der Waals surface area contributed by atoms with Crippen molar-refractivity contribution in [1.82, 2.24) is 9.97 Å². The normalized spacial score (nSPS) is 10.1. The molecule has 1 aromatic heterocycles. The molecule has 1 aromatic carbocycles. The van der Waals surface area contributed by atoms with Gasteiger partial charge in [-0.15, -0.1) is 0 Å². The van der Waals surface area contributed by atoms with Gasteiger partial charge in [-0.05, 0) is 12.1 Å². The lowest BCUT2D eigenvalue weighted by atomic mass is 10.2. The van der Waals surface area contributed by atoms with Crippen LogP contribution in [-0.4, -0.2) is 15.9 Å². The highest BCUT2D eigenvalue weighted by atomic mass is 16.5. The zero-order valence-corrected chi connectivity index (χ0v) is 7.60. The van der Waals surface area contributed by atoms with E-state index in [0.717, 1.165) is 10.9 Å². The fraction of sp³-hybridized carbons (Fsp3) is 0.100. The third-order valence-corrected chi connectivity index (χ3v) is 1.75. The summed E-state index contributed by atoms with van der Waals surface area (Å²) in [6, 6.07) is 7.36. The fourth-order valence-corrected chi connectivity index (χ4v) is 1.20. The van der Waals surface area contributed by atoms with Gasteiger partial charge in [0.25, 0.3) is 0 Å². The SMILES string of the molecule is CC(=O)Oc1ncnc2ccccc12. The third kappa shape index (κ3) is 1.54. The zero-order chi connectivity index (χ0) is 9.97. The lowest BCUT2D eigenvalue weighted by molar-refractivity contribution is -0.132. The largest absolute Gasteiger partial charge is 0.407 e. The monoisotopic (exact) mass is 188 g/mol. The molecule has 14 heavy (non-hydrogen) atoms. The van der Waals surface area contributed by atoms with Crippen LogP contribution in [-0.2, 0) is 4.79 Å². The van der Waals surface area contributed by atoms with Crippen LogP contribution in [0.1, 0.15) is 6.92 Å². The molecule has 0 atom stereocenters. The number of fused-ring (bicyclic) bond motifs is 1. The van der Waals surface area contributed by atoms with Crippen LogP contribution in [0.5, 0.6) is 5.88 Å². The zero-order valence-electron chi connectivity index (χ0n) is 7.60. The van der Waals surface area contributed by atoms with Gasteiger partial charge in [0.2, 0.25) is 5.88 Å². The molecule has 0 radical (unpaired) electrons. The van der Waals surface area contributed by atoms with E-state index in [1.165, 1.54) is 13.3 Å². The van der Waals surface area contributed by atoms with Crippen LogP contribution in [0.2, 0.25) is 0 Å². The van der Waals surface area contributed by atoms with Gasteiger partial charge in [0.15, 0.2) is 0 Å². The Hall–Kier alpha value is -1.97. The molecule has 0 unspecified atom stereocenters. The number of hydrogen-bond donors (Lipinski definition) is 0. The highest BCUT2D eigenvalue weighted by Gasteiger charge is 2.05. The molecule has 0 N–H and O–H groups in total. The molecule has 2 aromatic rings. The van der Waals surface area contributed by atoms with E-state index < -0.39 is 0 Å². The van der Waals surface area contributed by atoms with Crippen LogP contribution < -0.4 is 4.74 Å². The first-order chi connectivity index (χ1) is 6.77. The highest BCUT2D eigenvalue weighted by molar-refractivity contribution is 5.85. The summed E-state index contributed by atoms with van der Waals surface area (Å²) >= 11 is 0. The molecule has 0 spiro atoms. The second-order valence-corrected chi connectivity index (χ2v) is 2.79. The minimum absolute atomic E-state index is 0.308. The molecule has 2 rings (SSSR count). The first-order valence-electron chi connectivity index (χ1n) is 4.15. The standard InChI is InChI=1S/C10H8N2O2/c1-7(13)14-10-8-4-2-3-5-9(8)11-6-12-10/h2-6H,1H3. The lowest BCUT2D eigenvalue weighted by Crippen LogP contribution is -2.03. The maximum absolute atomic E-state index is 10.8. The Balaban J connectivity index is 2.59. The van der Waals surface area contributed by atoms with Gasteiger partial charge in [-0.2, -0.15) is 0 Å². The average molecular weight is 188 g/mol. The van der Waals surface area contributed by atoms with Crippen molar-refractivity contribution < 1.29 is 9.53 Å². The molecule has 1 heterocycles. The number of carbonyl (C=O) groups excluding carboxylic acids is 1. The van der Waals surface area contributed by atoms with Gasteiger partial charge in [-0.3, -0.25) is 4.79 Å². The van der Waals surface area contributed by atoms with Gasteiger partial charge in [-0.25, -0.2) is 9.97 Å². The predicted octanol–water partition coefficient (Wildman–Crippen LogP) is 1.56. The Morgan fingerprint density at radius 3 is 2.86 bits per heavy atom. The van der Waals surface area contributed by atoms with E-state index in [2.05, 4.69) is 9.97 Å². The summed E-state index contributed by atoms with van der Waals surface area (Å²) in [5.74, 6) is -0.0723. The molecule has 0 amide bonds. The molecule has 0 fully saturated rings. The first-order valence-corrected chi connectivity index (χ1v) is 4.15. The second kappa shape index (κ2) is 3.41. The summed E-state index contributed by atoms with van der Waals surface area (Å²) in [6.07, 6.45) is 1.38. The smallest absolute Gasteiger partial charge is 0.309 e. The van der Waals surface area contributed by atoms with Crippen molar-refractivity contribution in [3.63, 3.8) is 0 Å². The molecule has 0 aliphatic heterocycles. The summed E-state index contributed by atoms with van der Waals surface area (Å²) in [6.45, 7) is 1.34. The van der Waals surface area contributed by atoms with Gasteiger partial charge in [0, 0.05) is 6.92 Å². The average Bonchev–Trinajstić information content (AvgIpc) is 2.18. The second-order valence-electron chi connectivity index (χ2n) is 2.79. The molecule has 0 bridgehead atoms. The number of carbonyl (C=O) groups is 1. The number of aromatic nitrogens is 2. The van der Waals surface area contributed by atoms with Crippen molar-refractivity contribution in [3.8, 4) is 5.88 Å². The summed E-state index contributed by atoms with van der Waals surface area (Å²) < 4.78 is 4.94. The number of ether oxygens (including phenoxy) is 1. The Kier molecular flexibility index (Phi) is 2.10. The van der Waals surface area contributed by atoms with Crippen LogP contribution in [0.15, 0.2) is 30.6 Å². The summed E-state index contributed by atoms with van der Waals surface area (Å²) in [5, 5.41) is 0.741. The molecule has 0 saturated carbocycles. The van der Waals surface area contributed by atoms with Gasteiger partial charge in [-0.1, -0.05) is 12.1 Å². The topological polar surface area (TPSA) is 52.1 Å². The van der Waals surface area contributed by atoms with Crippen molar-refractivity contribution in [3.05, 3.63) is 30.6 Å². The third-order valence-electron chi connectivity index (χ3n) is 1.75. The Bertz CT molecular complexity index is 477. The van der Waals surface area contributed by atoms with Crippen molar-refractivity contribution in [2.24, 2.45) is 0 Å². The van der Waals surface area contributed by atoms with Gasteiger partial charge >= 0.3 is 5.97 Å². The molecular weight excluding hydrogens is 180 g/mol. The number of para-hydroxylation sites is 1. The van der Waals surface area contributed by atoms with E-state index in [-0.39, 0.29) is 5.97 Å². The van der Waals surface area contributed by atoms with E-state index >= 15 is 0 Å². The van der Waals surface area contributed by atoms with Crippen LogP contribution in [0.25, 0.3) is 10.9 Å². The van der Waals surface area contributed by atoms with E-state index in [1.54, 1.807) is 0 Å². The number of benzene rings is 1. The number of nitrogens with zero attached hydrogens (tertiary/aromatic N) is 2. The molecule has 4 heteroatoms. The van der Waals surface area contributed by atoms with Crippen LogP contribution in [0, 0.1) is 0 Å². The minimum Gasteiger partial charge on any atom is -0.407 e. The molecule has 0 aliphatic carbocycles. The molecule has 0 saturated heterocycles. The lowest BCUT2D eigenvalue weighted by Gasteiger charge is -2.02. The van der Waals surface area contributed by atoms with Gasteiger partial charge in [0.05, 0.1) is 10.9 Å². The molecular formula is C10H8N2O2. The Labute approximate surface area is 80.6 Å². The summed E-state index contributed by atoms with van der Waals surface area (Å²) in [7, 11) is 0. The van der Waals surface area contributed by atoms with Crippen molar-refractivity contribution in [2.45, 2.75) is 6.92 Å². The Morgan fingerprint density at radius 1 is 1.29 bits per heavy atom. The van der Waals surface area contributed by atoms with Gasteiger partial charge < -0.3 is 4.74 Å². The fourth-order valence-electron chi connectivity index (χ4n) is 1.20. The highest BCUT2D eigenvalue weighted by Crippen LogP contribution is 2.20. The molecule has 70 valence electrons. The predicted molar refractivity (Wildman–Crippen MR) is 50.8 cm³/mol. The molecule has 4 nitrogen and oxygen atoms in total. The number of esters is 1. The van der Waals surface area contributed by atoms with Crippen molar-refractivity contribution >= 4 is 16.9 Å². The van der Waals surface area contributed by atoms with Crippen LogP contribution in [0.3, 0.4) is 0 Å². The summed E-state index contributed by atoms with van der Waals surface area (Å²) in [4.78, 5) is 18.7. The van der Waals surface area contributed by atoms with E-state index in [1.807, 2.05) is 24.3 Å². The van der Waals surface area contributed by atoms with Crippen molar-refractivity contribution in [1.29, 1.82) is 0 Å². The van der Waals surface area contributed by atoms with Crippen LogP contribution >= 0.6 is 0 Å². The minimum atomic E-state index is -0.381. The summed E-state index contributed by atoms with van der Waals surface area (Å²) in [5.41, 5.74) is 0.763.